The minimum Gasteiger partial charge on any atom is -0.497 e. The molecule has 0 spiro atoms. The van der Waals surface area contributed by atoms with E-state index in [4.69, 9.17) is 14.2 Å². The normalized spacial score (nSPS) is 10.5. The molecule has 27 heavy (non-hydrogen) atoms. The third-order valence-corrected chi connectivity index (χ3v) is 4.20. The van der Waals surface area contributed by atoms with E-state index in [0.29, 0.717) is 23.8 Å². The lowest BCUT2D eigenvalue weighted by atomic mass is 10.0. The van der Waals surface area contributed by atoms with Crippen LogP contribution >= 0.6 is 0 Å². The lowest BCUT2D eigenvalue weighted by Gasteiger charge is -2.12. The lowest BCUT2D eigenvalue weighted by Crippen LogP contribution is -2.06. The van der Waals surface area contributed by atoms with Crippen LogP contribution in [-0.4, -0.2) is 25.8 Å². The fraction of sp³-hybridized carbons (Fsp3) is 0.227. The fourth-order valence-corrected chi connectivity index (χ4v) is 2.84. The maximum absolute atomic E-state index is 12.2. The van der Waals surface area contributed by atoms with Crippen LogP contribution < -0.4 is 19.8 Å². The highest BCUT2D eigenvalue weighted by Gasteiger charge is 2.11. The molecule has 1 aromatic heterocycles. The Hall–Kier alpha value is -3.21. The van der Waals surface area contributed by atoms with Crippen molar-refractivity contribution in [1.82, 2.24) is 4.98 Å². The predicted molar refractivity (Wildman–Crippen MR) is 107 cm³/mol. The summed E-state index contributed by atoms with van der Waals surface area (Å²) in [4.78, 5) is 15.1. The molecule has 3 aromatic rings. The summed E-state index contributed by atoms with van der Waals surface area (Å²) in [6.07, 6.45) is 0.961. The van der Waals surface area contributed by atoms with Crippen LogP contribution in [0.15, 0.2) is 59.4 Å². The number of aromatic nitrogens is 1. The van der Waals surface area contributed by atoms with Crippen molar-refractivity contribution in [3.05, 3.63) is 65.0 Å². The molecule has 140 valence electrons. The van der Waals surface area contributed by atoms with Crippen LogP contribution in [0.5, 0.6) is 17.2 Å². The van der Waals surface area contributed by atoms with Crippen molar-refractivity contribution < 1.29 is 14.2 Å². The molecule has 5 nitrogen and oxygen atoms in total. The van der Waals surface area contributed by atoms with Gasteiger partial charge in [0.1, 0.15) is 17.2 Å². The molecular formula is C22H23NO4. The third-order valence-electron chi connectivity index (χ3n) is 4.20. The van der Waals surface area contributed by atoms with Gasteiger partial charge in [0.05, 0.1) is 26.5 Å². The predicted octanol–water partition coefficient (Wildman–Crippen LogP) is 4.51. The van der Waals surface area contributed by atoms with Gasteiger partial charge in [-0.1, -0.05) is 19.1 Å². The molecular weight excluding hydrogens is 342 g/mol. The van der Waals surface area contributed by atoms with Crippen LogP contribution in [0.3, 0.4) is 0 Å². The number of benzene rings is 2. The molecule has 0 saturated heterocycles. The van der Waals surface area contributed by atoms with Crippen molar-refractivity contribution in [3.63, 3.8) is 0 Å². The second-order valence-corrected chi connectivity index (χ2v) is 6.09. The summed E-state index contributed by atoms with van der Waals surface area (Å²) in [5.41, 5.74) is 3.07. The highest BCUT2D eigenvalue weighted by molar-refractivity contribution is 5.74. The smallest absolute Gasteiger partial charge is 0.249 e. The van der Waals surface area contributed by atoms with Gasteiger partial charge in [-0.3, -0.25) is 4.79 Å². The Morgan fingerprint density at radius 2 is 1.59 bits per heavy atom. The summed E-state index contributed by atoms with van der Waals surface area (Å²) in [6, 6.07) is 16.8. The van der Waals surface area contributed by atoms with E-state index in [-0.39, 0.29) is 5.56 Å². The van der Waals surface area contributed by atoms with Crippen LogP contribution in [0, 0.1) is 0 Å². The van der Waals surface area contributed by atoms with Crippen molar-refractivity contribution in [2.75, 3.05) is 20.8 Å². The van der Waals surface area contributed by atoms with Gasteiger partial charge in [0, 0.05) is 17.7 Å². The summed E-state index contributed by atoms with van der Waals surface area (Å²) in [5.74, 6) is 2.14. The van der Waals surface area contributed by atoms with Crippen LogP contribution in [0.1, 0.15) is 13.3 Å². The molecule has 0 atom stereocenters. The second-order valence-electron chi connectivity index (χ2n) is 6.09. The molecule has 0 fully saturated rings. The van der Waals surface area contributed by atoms with Gasteiger partial charge in [-0.2, -0.15) is 0 Å². The molecule has 0 saturated carbocycles. The van der Waals surface area contributed by atoms with E-state index in [1.54, 1.807) is 26.4 Å². The van der Waals surface area contributed by atoms with Crippen LogP contribution in [0.25, 0.3) is 22.4 Å². The summed E-state index contributed by atoms with van der Waals surface area (Å²) in [6.45, 7) is 2.76. The molecule has 0 aliphatic rings. The Labute approximate surface area is 158 Å². The molecule has 2 aromatic carbocycles. The minimum absolute atomic E-state index is 0.174. The monoisotopic (exact) mass is 365 g/mol. The van der Waals surface area contributed by atoms with Crippen LogP contribution in [-0.2, 0) is 0 Å². The van der Waals surface area contributed by atoms with Crippen LogP contribution in [0.2, 0.25) is 0 Å². The number of rotatable bonds is 7. The van der Waals surface area contributed by atoms with Gasteiger partial charge in [-0.25, -0.2) is 0 Å². The fourth-order valence-electron chi connectivity index (χ4n) is 2.84. The maximum atomic E-state index is 12.2. The van der Waals surface area contributed by atoms with Gasteiger partial charge in [0.2, 0.25) is 5.56 Å². The summed E-state index contributed by atoms with van der Waals surface area (Å²) < 4.78 is 16.3. The zero-order chi connectivity index (χ0) is 19.2. The lowest BCUT2D eigenvalue weighted by molar-refractivity contribution is 0.317. The first-order valence-corrected chi connectivity index (χ1v) is 8.84. The molecule has 1 N–H and O–H groups in total. The van der Waals surface area contributed by atoms with Crippen molar-refractivity contribution >= 4 is 0 Å². The Balaban J connectivity index is 1.99. The largest absolute Gasteiger partial charge is 0.497 e. The Bertz CT molecular complexity index is 961. The number of methoxy groups -OCH3 is 2. The topological polar surface area (TPSA) is 60.6 Å². The minimum atomic E-state index is -0.174. The molecule has 3 rings (SSSR count). The number of pyridine rings is 1. The van der Waals surface area contributed by atoms with Crippen molar-refractivity contribution in [1.29, 1.82) is 0 Å². The number of hydrogen-bond acceptors (Lipinski definition) is 4. The van der Waals surface area contributed by atoms with Gasteiger partial charge < -0.3 is 19.2 Å². The molecule has 0 aliphatic carbocycles. The SMILES string of the molecule is CCCOc1ccc(-c2cc(-c3ccc(OC)cc3OC)[nH]c(=O)c2)cc1. The first kappa shape index (κ1) is 18.6. The first-order chi connectivity index (χ1) is 13.1. The van der Waals surface area contributed by atoms with E-state index in [2.05, 4.69) is 11.9 Å². The van der Waals surface area contributed by atoms with Crippen LogP contribution in [0.4, 0.5) is 0 Å². The van der Waals surface area contributed by atoms with E-state index in [1.807, 2.05) is 42.5 Å². The third kappa shape index (κ3) is 4.31. The molecule has 0 bridgehead atoms. The average Bonchev–Trinajstić information content (AvgIpc) is 2.71. The number of hydrogen-bond donors (Lipinski definition) is 1. The highest BCUT2D eigenvalue weighted by Crippen LogP contribution is 2.33. The number of nitrogens with one attached hydrogen (secondary N) is 1. The van der Waals surface area contributed by atoms with Crippen molar-refractivity contribution in [2.45, 2.75) is 13.3 Å². The zero-order valence-corrected chi connectivity index (χ0v) is 15.7. The average molecular weight is 365 g/mol. The van der Waals surface area contributed by atoms with E-state index in [1.165, 1.54) is 0 Å². The van der Waals surface area contributed by atoms with Gasteiger partial charge in [-0.05, 0) is 47.9 Å². The van der Waals surface area contributed by atoms with Crippen molar-refractivity contribution in [2.24, 2.45) is 0 Å². The summed E-state index contributed by atoms with van der Waals surface area (Å²) >= 11 is 0. The number of H-pyrrole nitrogens is 1. The Kier molecular flexibility index (Phi) is 5.81. The van der Waals surface area contributed by atoms with E-state index in [0.717, 1.165) is 28.9 Å². The quantitative estimate of drug-likeness (QED) is 0.669. The van der Waals surface area contributed by atoms with E-state index >= 15 is 0 Å². The highest BCUT2D eigenvalue weighted by atomic mass is 16.5. The van der Waals surface area contributed by atoms with Gasteiger partial charge in [0.15, 0.2) is 0 Å². The Morgan fingerprint density at radius 3 is 2.26 bits per heavy atom. The van der Waals surface area contributed by atoms with E-state index in [9.17, 15) is 4.79 Å². The Morgan fingerprint density at radius 1 is 0.852 bits per heavy atom. The number of aromatic amines is 1. The first-order valence-electron chi connectivity index (χ1n) is 8.84. The molecule has 1 heterocycles. The summed E-state index contributed by atoms with van der Waals surface area (Å²) in [7, 11) is 3.19. The molecule has 5 heteroatoms. The maximum Gasteiger partial charge on any atom is 0.249 e. The number of ether oxygens (including phenoxy) is 3. The molecule has 0 aliphatic heterocycles. The molecule has 0 amide bonds. The van der Waals surface area contributed by atoms with Crippen molar-refractivity contribution in [3.8, 4) is 39.6 Å². The van der Waals surface area contributed by atoms with Gasteiger partial charge >= 0.3 is 0 Å². The second kappa shape index (κ2) is 8.45. The molecule has 0 radical (unpaired) electrons. The van der Waals surface area contributed by atoms with Gasteiger partial charge in [-0.15, -0.1) is 0 Å². The summed E-state index contributed by atoms with van der Waals surface area (Å²) in [5, 5.41) is 0. The standard InChI is InChI=1S/C22H23NO4/c1-4-11-27-17-7-5-15(6-8-17)16-12-20(23-22(24)13-16)19-10-9-18(25-2)14-21(19)26-3/h5-10,12-14H,4,11H2,1-3H3,(H,23,24). The van der Waals surface area contributed by atoms with E-state index < -0.39 is 0 Å². The zero-order valence-electron chi connectivity index (χ0n) is 15.7. The van der Waals surface area contributed by atoms with Gasteiger partial charge in [0.25, 0.3) is 0 Å². The molecule has 0 unspecified atom stereocenters.